The summed E-state index contributed by atoms with van der Waals surface area (Å²) in [6.07, 6.45) is 2.23. The maximum atomic E-state index is 2.43. The van der Waals surface area contributed by atoms with Crippen LogP contribution in [0.5, 0.6) is 0 Å². The lowest BCUT2D eigenvalue weighted by atomic mass is 9.98. The van der Waals surface area contributed by atoms with Gasteiger partial charge in [0.15, 0.2) is 0 Å². The zero-order valence-corrected chi connectivity index (χ0v) is 29.9. The largest absolute Gasteiger partial charge is 0.316 e. The quantitative estimate of drug-likeness (QED) is 0.174. The van der Waals surface area contributed by atoms with E-state index in [1.165, 1.54) is 98.6 Å². The molecule has 0 saturated carbocycles. The Morgan fingerprint density at radius 2 is 0.873 bits per heavy atom. The molecule has 0 saturated heterocycles. The average Bonchev–Trinajstić information content (AvgIpc) is 3.95. The summed E-state index contributed by atoms with van der Waals surface area (Å²) in [5, 5.41) is 11.4. The molecule has 0 aliphatic carbocycles. The van der Waals surface area contributed by atoms with E-state index in [-0.39, 0.29) is 0 Å². The molecule has 0 aliphatic heterocycles. The molecule has 0 N–H and O–H groups in total. The van der Waals surface area contributed by atoms with Gasteiger partial charge in [-0.05, 0) is 100 Å². The van der Waals surface area contributed by atoms with Crippen molar-refractivity contribution in [2.45, 2.75) is 0 Å². The molecule has 0 fully saturated rings. The number of rotatable bonds is 4. The van der Waals surface area contributed by atoms with E-state index in [0.29, 0.717) is 0 Å². The molecule has 3 heteroatoms. The van der Waals surface area contributed by atoms with E-state index in [9.17, 15) is 0 Å². The van der Waals surface area contributed by atoms with E-state index in [0.717, 1.165) is 5.69 Å². The second-order valence-electron chi connectivity index (χ2n) is 14.6. The second kappa shape index (κ2) is 11.6. The first-order chi connectivity index (χ1) is 27.3. The van der Waals surface area contributed by atoms with Gasteiger partial charge >= 0.3 is 0 Å². The van der Waals surface area contributed by atoms with Crippen molar-refractivity contribution >= 4 is 76.1 Å². The van der Waals surface area contributed by atoms with E-state index in [1.807, 2.05) is 0 Å². The summed E-state index contributed by atoms with van der Waals surface area (Å²) in [5.74, 6) is 0. The predicted octanol–water partition coefficient (Wildman–Crippen LogP) is 13.8. The van der Waals surface area contributed by atoms with Gasteiger partial charge in [-0.1, -0.05) is 121 Å². The molecular weight excluding hydrogens is 667 g/mol. The molecule has 9 aromatic carbocycles. The van der Waals surface area contributed by atoms with E-state index < -0.39 is 0 Å². The monoisotopic (exact) mass is 699 g/mol. The molecular formula is C52H33N3. The molecule has 55 heavy (non-hydrogen) atoms. The minimum Gasteiger partial charge on any atom is -0.316 e. The van der Waals surface area contributed by atoms with Crippen molar-refractivity contribution in [1.82, 2.24) is 13.7 Å². The summed E-state index contributed by atoms with van der Waals surface area (Å²) in [7, 11) is 0. The Morgan fingerprint density at radius 1 is 0.291 bits per heavy atom. The summed E-state index contributed by atoms with van der Waals surface area (Å²) in [4.78, 5) is 0. The third-order valence-corrected chi connectivity index (χ3v) is 11.6. The van der Waals surface area contributed by atoms with Gasteiger partial charge in [-0.25, -0.2) is 0 Å². The molecule has 0 atom stereocenters. The van der Waals surface area contributed by atoms with Crippen LogP contribution in [0, 0.1) is 0 Å². The van der Waals surface area contributed by atoms with Gasteiger partial charge in [0.1, 0.15) is 0 Å². The molecule has 0 unspecified atom stereocenters. The van der Waals surface area contributed by atoms with Crippen LogP contribution in [0.4, 0.5) is 0 Å². The Balaban J connectivity index is 1.07. The highest BCUT2D eigenvalue weighted by Crippen LogP contribution is 2.43. The van der Waals surface area contributed by atoms with Crippen molar-refractivity contribution in [3.05, 3.63) is 200 Å². The number of nitrogens with zero attached hydrogens (tertiary/aromatic N) is 3. The molecule has 3 heterocycles. The summed E-state index contributed by atoms with van der Waals surface area (Å²) < 4.78 is 7.18. The molecule has 0 aliphatic rings. The fourth-order valence-electron chi connectivity index (χ4n) is 9.23. The maximum Gasteiger partial charge on any atom is 0.0607 e. The minimum absolute atomic E-state index is 1.14. The molecule has 0 bridgehead atoms. The number of hydrogen-bond acceptors (Lipinski definition) is 0. The Labute approximate surface area is 317 Å². The molecule has 12 aromatic rings. The standard InChI is InChI=1S/C52H33N3/c1-3-14-38(15-4-1)54-46-21-10-9-20-42(46)45-33-37(24-27-47(45)54)36-13-11-18-40(32-36)53-31-30-35-22-25-43-44(52(35)53)26-29-49-51(43)50-41-19-8-7-12-34(41)23-28-48(50)55(49)39-16-5-2-6-17-39/h1-33H. The van der Waals surface area contributed by atoms with Crippen molar-refractivity contribution in [3.8, 4) is 28.2 Å². The highest BCUT2D eigenvalue weighted by Gasteiger charge is 2.19. The fraction of sp³-hybridized carbons (Fsp3) is 0. The second-order valence-corrected chi connectivity index (χ2v) is 14.6. The van der Waals surface area contributed by atoms with Crippen LogP contribution < -0.4 is 0 Å². The lowest BCUT2D eigenvalue weighted by Gasteiger charge is -2.12. The maximum absolute atomic E-state index is 2.43. The lowest BCUT2D eigenvalue weighted by molar-refractivity contribution is 1.13. The molecule has 256 valence electrons. The Kier molecular flexibility index (Phi) is 6.34. The number of hydrogen-bond donors (Lipinski definition) is 0. The van der Waals surface area contributed by atoms with Crippen LogP contribution in [0.2, 0.25) is 0 Å². The Hall–Kier alpha value is -7.36. The minimum atomic E-state index is 1.14. The lowest BCUT2D eigenvalue weighted by Crippen LogP contribution is -1.95. The zero-order chi connectivity index (χ0) is 36.0. The topological polar surface area (TPSA) is 14.8 Å². The van der Waals surface area contributed by atoms with E-state index in [4.69, 9.17) is 0 Å². The Bertz CT molecular complexity index is 3470. The first-order valence-electron chi connectivity index (χ1n) is 18.9. The number of para-hydroxylation sites is 3. The van der Waals surface area contributed by atoms with Crippen LogP contribution >= 0.6 is 0 Å². The summed E-state index contributed by atoms with van der Waals surface area (Å²) >= 11 is 0. The molecule has 3 aromatic heterocycles. The first-order valence-corrected chi connectivity index (χ1v) is 18.9. The van der Waals surface area contributed by atoms with Gasteiger partial charge in [-0.15, -0.1) is 0 Å². The summed E-state index contributed by atoms with van der Waals surface area (Å²) in [6, 6.07) is 70.9. The molecule has 3 nitrogen and oxygen atoms in total. The molecule has 0 spiro atoms. The molecule has 0 radical (unpaired) electrons. The van der Waals surface area contributed by atoms with Crippen LogP contribution in [0.25, 0.3) is 104 Å². The van der Waals surface area contributed by atoms with Gasteiger partial charge in [0.25, 0.3) is 0 Å². The van der Waals surface area contributed by atoms with Gasteiger partial charge in [0.05, 0.1) is 27.6 Å². The highest BCUT2D eigenvalue weighted by molar-refractivity contribution is 6.30. The van der Waals surface area contributed by atoms with Crippen LogP contribution in [0.3, 0.4) is 0 Å². The van der Waals surface area contributed by atoms with Gasteiger partial charge in [-0.3, -0.25) is 0 Å². The summed E-state index contributed by atoms with van der Waals surface area (Å²) in [6.45, 7) is 0. The normalized spacial score (nSPS) is 12.0. The van der Waals surface area contributed by atoms with E-state index in [2.05, 4.69) is 214 Å². The first kappa shape index (κ1) is 30.1. The predicted molar refractivity (Wildman–Crippen MR) is 232 cm³/mol. The van der Waals surface area contributed by atoms with Crippen molar-refractivity contribution in [1.29, 1.82) is 0 Å². The Morgan fingerprint density at radius 3 is 1.69 bits per heavy atom. The third-order valence-electron chi connectivity index (χ3n) is 11.6. The van der Waals surface area contributed by atoms with Gasteiger partial charge < -0.3 is 13.7 Å². The van der Waals surface area contributed by atoms with Gasteiger partial charge in [-0.2, -0.15) is 0 Å². The summed E-state index contributed by atoms with van der Waals surface area (Å²) in [5.41, 5.74) is 12.0. The smallest absolute Gasteiger partial charge is 0.0607 e. The van der Waals surface area contributed by atoms with Crippen molar-refractivity contribution in [2.24, 2.45) is 0 Å². The third kappa shape index (κ3) is 4.38. The van der Waals surface area contributed by atoms with Crippen molar-refractivity contribution < 1.29 is 0 Å². The molecule has 0 amide bonds. The molecule has 12 rings (SSSR count). The van der Waals surface area contributed by atoms with Gasteiger partial charge in [0.2, 0.25) is 0 Å². The number of fused-ring (bicyclic) bond motifs is 12. The SMILES string of the molecule is c1ccc(-n2c3ccccc3c3cc(-c4cccc(-n5ccc6ccc7c(ccc8c7c7c9ccccc9ccc7n8-c7ccccc7)c65)c4)ccc32)cc1. The van der Waals surface area contributed by atoms with Gasteiger partial charge in [0, 0.05) is 55.6 Å². The van der Waals surface area contributed by atoms with Crippen LogP contribution in [0.1, 0.15) is 0 Å². The van der Waals surface area contributed by atoms with Crippen molar-refractivity contribution in [3.63, 3.8) is 0 Å². The van der Waals surface area contributed by atoms with Crippen LogP contribution in [-0.4, -0.2) is 13.7 Å². The number of aromatic nitrogens is 3. The average molecular weight is 700 g/mol. The highest BCUT2D eigenvalue weighted by atomic mass is 15.0. The van der Waals surface area contributed by atoms with Crippen LogP contribution in [0.15, 0.2) is 200 Å². The number of benzene rings is 9. The van der Waals surface area contributed by atoms with Crippen LogP contribution in [-0.2, 0) is 0 Å². The van der Waals surface area contributed by atoms with E-state index in [1.54, 1.807) is 0 Å². The van der Waals surface area contributed by atoms with Crippen molar-refractivity contribution in [2.75, 3.05) is 0 Å². The zero-order valence-electron chi connectivity index (χ0n) is 29.9. The van der Waals surface area contributed by atoms with E-state index >= 15 is 0 Å². The fourth-order valence-corrected chi connectivity index (χ4v) is 9.23.